The predicted octanol–water partition coefficient (Wildman–Crippen LogP) is 3.18. The average molecular weight is 305 g/mol. The number of hydrogen-bond acceptors (Lipinski definition) is 4. The molecule has 0 aliphatic rings. The summed E-state index contributed by atoms with van der Waals surface area (Å²) in [5.41, 5.74) is 0. The van der Waals surface area contributed by atoms with Crippen LogP contribution in [-0.4, -0.2) is 31.1 Å². The van der Waals surface area contributed by atoms with Gasteiger partial charge in [0.1, 0.15) is 11.5 Å². The Labute approximate surface area is 128 Å². The number of benzene rings is 1. The van der Waals surface area contributed by atoms with E-state index in [1.165, 1.54) is 4.88 Å². The van der Waals surface area contributed by atoms with Crippen LogP contribution in [0.3, 0.4) is 0 Å². The Morgan fingerprint density at radius 1 is 1.19 bits per heavy atom. The number of methoxy groups -OCH3 is 1. The van der Waals surface area contributed by atoms with Crippen molar-refractivity contribution < 1.29 is 14.3 Å². The summed E-state index contributed by atoms with van der Waals surface area (Å²) in [5, 5.41) is 2.02. The van der Waals surface area contributed by atoms with E-state index in [2.05, 4.69) is 0 Å². The van der Waals surface area contributed by atoms with Crippen LogP contribution in [0.15, 0.2) is 41.8 Å². The molecule has 1 amide bonds. The van der Waals surface area contributed by atoms with Crippen molar-refractivity contribution in [1.29, 1.82) is 0 Å². The van der Waals surface area contributed by atoms with Crippen molar-refractivity contribution in [3.63, 3.8) is 0 Å². The molecule has 0 saturated heterocycles. The van der Waals surface area contributed by atoms with Gasteiger partial charge in [0.15, 0.2) is 6.61 Å². The fourth-order valence-corrected chi connectivity index (χ4v) is 2.59. The van der Waals surface area contributed by atoms with Crippen LogP contribution in [-0.2, 0) is 11.3 Å². The van der Waals surface area contributed by atoms with E-state index in [9.17, 15) is 4.79 Å². The Bertz CT molecular complexity index is 551. The highest BCUT2D eigenvalue weighted by atomic mass is 32.1. The second-order valence-corrected chi connectivity index (χ2v) is 5.48. The smallest absolute Gasteiger partial charge is 0.260 e. The molecule has 5 heteroatoms. The third-order valence-corrected chi connectivity index (χ3v) is 3.94. The van der Waals surface area contributed by atoms with Gasteiger partial charge in [-0.2, -0.15) is 0 Å². The molecule has 0 fully saturated rings. The van der Waals surface area contributed by atoms with Gasteiger partial charge < -0.3 is 14.4 Å². The zero-order valence-corrected chi connectivity index (χ0v) is 13.1. The van der Waals surface area contributed by atoms with Crippen molar-refractivity contribution in [2.45, 2.75) is 13.5 Å². The number of carbonyl (C=O) groups is 1. The molecule has 2 rings (SSSR count). The van der Waals surface area contributed by atoms with Gasteiger partial charge in [-0.1, -0.05) is 6.07 Å². The maximum absolute atomic E-state index is 12.2. The highest BCUT2D eigenvalue weighted by molar-refractivity contribution is 7.09. The Morgan fingerprint density at radius 2 is 1.90 bits per heavy atom. The quantitative estimate of drug-likeness (QED) is 0.788. The van der Waals surface area contributed by atoms with Crippen LogP contribution in [0.25, 0.3) is 0 Å². The molecule has 0 bridgehead atoms. The first-order chi connectivity index (χ1) is 10.2. The zero-order valence-electron chi connectivity index (χ0n) is 12.2. The Kier molecular flexibility index (Phi) is 5.63. The lowest BCUT2D eigenvalue weighted by Gasteiger charge is -2.20. The molecular weight excluding hydrogens is 286 g/mol. The molecule has 1 heterocycles. The second-order valence-electron chi connectivity index (χ2n) is 4.45. The zero-order chi connectivity index (χ0) is 15.1. The van der Waals surface area contributed by atoms with Crippen LogP contribution in [0, 0.1) is 0 Å². The fourth-order valence-electron chi connectivity index (χ4n) is 1.88. The van der Waals surface area contributed by atoms with E-state index in [0.29, 0.717) is 18.8 Å². The summed E-state index contributed by atoms with van der Waals surface area (Å²) >= 11 is 1.65. The van der Waals surface area contributed by atoms with Gasteiger partial charge in [-0.15, -0.1) is 11.3 Å². The summed E-state index contributed by atoms with van der Waals surface area (Å²) in [6.07, 6.45) is 0. The topological polar surface area (TPSA) is 38.8 Å². The van der Waals surface area contributed by atoms with E-state index in [4.69, 9.17) is 9.47 Å². The third kappa shape index (κ3) is 4.49. The van der Waals surface area contributed by atoms with Gasteiger partial charge in [0, 0.05) is 11.4 Å². The van der Waals surface area contributed by atoms with E-state index in [0.717, 1.165) is 5.75 Å². The molecule has 112 valence electrons. The van der Waals surface area contributed by atoms with Crippen molar-refractivity contribution in [1.82, 2.24) is 4.90 Å². The van der Waals surface area contributed by atoms with Crippen LogP contribution in [0.4, 0.5) is 0 Å². The van der Waals surface area contributed by atoms with Crippen molar-refractivity contribution in [2.75, 3.05) is 20.3 Å². The lowest BCUT2D eigenvalue weighted by atomic mass is 10.3. The minimum atomic E-state index is -0.0123. The van der Waals surface area contributed by atoms with E-state index < -0.39 is 0 Å². The number of amides is 1. The predicted molar refractivity (Wildman–Crippen MR) is 83.9 cm³/mol. The number of nitrogens with zero attached hydrogens (tertiary/aromatic N) is 1. The summed E-state index contributed by atoms with van der Waals surface area (Å²) in [5.74, 6) is 1.42. The number of hydrogen-bond donors (Lipinski definition) is 0. The van der Waals surface area contributed by atoms with Gasteiger partial charge in [0.25, 0.3) is 5.91 Å². The molecule has 0 saturated carbocycles. The lowest BCUT2D eigenvalue weighted by Crippen LogP contribution is -2.34. The molecule has 1 aromatic heterocycles. The minimum absolute atomic E-state index is 0.0123. The van der Waals surface area contributed by atoms with Crippen LogP contribution in [0.1, 0.15) is 11.8 Å². The standard InChI is InChI=1S/C16H19NO3S/c1-3-17(11-15-5-4-10-21-15)16(18)12-20-14-8-6-13(19-2)7-9-14/h4-10H,3,11-12H2,1-2H3. The molecular formula is C16H19NO3S. The minimum Gasteiger partial charge on any atom is -0.497 e. The largest absolute Gasteiger partial charge is 0.497 e. The lowest BCUT2D eigenvalue weighted by molar-refractivity contribution is -0.133. The first-order valence-corrected chi connectivity index (χ1v) is 7.68. The average Bonchev–Trinajstić information content (AvgIpc) is 3.03. The number of ether oxygens (including phenoxy) is 2. The van der Waals surface area contributed by atoms with E-state index >= 15 is 0 Å². The number of likely N-dealkylation sites (N-methyl/N-ethyl adjacent to an activating group) is 1. The van der Waals surface area contributed by atoms with Crippen molar-refractivity contribution in [3.8, 4) is 11.5 Å². The molecule has 1 aromatic carbocycles. The fraction of sp³-hybridized carbons (Fsp3) is 0.312. The van der Waals surface area contributed by atoms with Gasteiger partial charge in [0.05, 0.1) is 13.7 Å². The molecule has 0 N–H and O–H groups in total. The highest BCUT2D eigenvalue weighted by Gasteiger charge is 2.13. The van der Waals surface area contributed by atoms with Crippen LogP contribution >= 0.6 is 11.3 Å². The van der Waals surface area contributed by atoms with Gasteiger partial charge in [-0.3, -0.25) is 4.79 Å². The summed E-state index contributed by atoms with van der Waals surface area (Å²) in [6.45, 7) is 3.33. The van der Waals surface area contributed by atoms with E-state index in [-0.39, 0.29) is 12.5 Å². The molecule has 0 spiro atoms. The molecule has 0 unspecified atom stereocenters. The van der Waals surface area contributed by atoms with Gasteiger partial charge in [-0.25, -0.2) is 0 Å². The highest BCUT2D eigenvalue weighted by Crippen LogP contribution is 2.17. The van der Waals surface area contributed by atoms with Crippen LogP contribution in [0.5, 0.6) is 11.5 Å². The SMILES string of the molecule is CCN(Cc1cccs1)C(=O)COc1ccc(OC)cc1. The Balaban J connectivity index is 1.86. The first-order valence-electron chi connectivity index (χ1n) is 6.80. The molecule has 0 radical (unpaired) electrons. The number of rotatable bonds is 7. The van der Waals surface area contributed by atoms with Gasteiger partial charge in [-0.05, 0) is 42.6 Å². The Morgan fingerprint density at radius 3 is 2.48 bits per heavy atom. The van der Waals surface area contributed by atoms with Crippen molar-refractivity contribution >= 4 is 17.2 Å². The molecule has 0 aliphatic heterocycles. The molecule has 0 aliphatic carbocycles. The molecule has 2 aromatic rings. The van der Waals surface area contributed by atoms with Crippen LogP contribution < -0.4 is 9.47 Å². The van der Waals surface area contributed by atoms with Gasteiger partial charge >= 0.3 is 0 Å². The molecule has 21 heavy (non-hydrogen) atoms. The Hall–Kier alpha value is -2.01. The van der Waals surface area contributed by atoms with Crippen molar-refractivity contribution in [2.24, 2.45) is 0 Å². The maximum atomic E-state index is 12.2. The first kappa shape index (κ1) is 15.4. The van der Waals surface area contributed by atoms with E-state index in [1.807, 2.05) is 36.6 Å². The van der Waals surface area contributed by atoms with Crippen LogP contribution in [0.2, 0.25) is 0 Å². The molecule has 0 atom stereocenters. The number of carbonyl (C=O) groups excluding carboxylic acids is 1. The summed E-state index contributed by atoms with van der Waals surface area (Å²) < 4.78 is 10.6. The van der Waals surface area contributed by atoms with Crippen molar-refractivity contribution in [3.05, 3.63) is 46.7 Å². The third-order valence-electron chi connectivity index (χ3n) is 3.08. The second kappa shape index (κ2) is 7.69. The van der Waals surface area contributed by atoms with Gasteiger partial charge in [0.2, 0.25) is 0 Å². The normalized spacial score (nSPS) is 10.2. The summed E-state index contributed by atoms with van der Waals surface area (Å²) in [7, 11) is 1.61. The number of thiophene rings is 1. The monoisotopic (exact) mass is 305 g/mol. The molecule has 4 nitrogen and oxygen atoms in total. The summed E-state index contributed by atoms with van der Waals surface area (Å²) in [6, 6.07) is 11.2. The maximum Gasteiger partial charge on any atom is 0.260 e. The summed E-state index contributed by atoms with van der Waals surface area (Å²) in [4.78, 5) is 15.1. The van der Waals surface area contributed by atoms with E-state index in [1.54, 1.807) is 35.5 Å².